The summed E-state index contributed by atoms with van der Waals surface area (Å²) in [5.41, 5.74) is 0.0172. The fourth-order valence-electron chi connectivity index (χ4n) is 1.79. The first-order valence-corrected chi connectivity index (χ1v) is 7.11. The van der Waals surface area contributed by atoms with Gasteiger partial charge in [-0.25, -0.2) is 4.98 Å². The molecule has 1 aromatic heterocycles. The van der Waals surface area contributed by atoms with E-state index in [2.05, 4.69) is 10.3 Å². The Balaban J connectivity index is 2.08. The van der Waals surface area contributed by atoms with Gasteiger partial charge in [-0.15, -0.1) is 11.3 Å². The number of hydrogen-bond donors (Lipinski definition) is 1. The maximum atomic E-state index is 12.6. The first kappa shape index (κ1) is 15.0. The highest BCUT2D eigenvalue weighted by Gasteiger charge is 2.30. The molecule has 1 heterocycles. The van der Waals surface area contributed by atoms with E-state index in [4.69, 9.17) is 0 Å². The van der Waals surface area contributed by atoms with Crippen LogP contribution in [0.25, 0.3) is 0 Å². The smallest absolute Gasteiger partial charge is 0.312 e. The van der Waals surface area contributed by atoms with E-state index in [1.165, 1.54) is 23.5 Å². The summed E-state index contributed by atoms with van der Waals surface area (Å²) in [7, 11) is 0. The van der Waals surface area contributed by atoms with Crippen LogP contribution in [0.3, 0.4) is 0 Å². The van der Waals surface area contributed by atoms with Crippen molar-refractivity contribution in [2.75, 3.05) is 6.54 Å². The first-order chi connectivity index (χ1) is 9.49. The second kappa shape index (κ2) is 6.37. The van der Waals surface area contributed by atoms with Gasteiger partial charge in [-0.2, -0.15) is 13.2 Å². The molecule has 0 aliphatic carbocycles. The van der Waals surface area contributed by atoms with Crippen molar-refractivity contribution in [3.8, 4) is 0 Å². The molecule has 6 heteroatoms. The molecule has 2 nitrogen and oxygen atoms in total. The summed E-state index contributed by atoms with van der Waals surface area (Å²) in [5.74, 6) is 0. The van der Waals surface area contributed by atoms with Gasteiger partial charge >= 0.3 is 6.18 Å². The van der Waals surface area contributed by atoms with Gasteiger partial charge in [0.2, 0.25) is 0 Å². The van der Waals surface area contributed by atoms with Crippen LogP contribution in [0.15, 0.2) is 30.5 Å². The minimum Gasteiger partial charge on any atom is -0.312 e. The summed E-state index contributed by atoms with van der Waals surface area (Å²) in [4.78, 5) is 5.35. The maximum Gasteiger partial charge on any atom is 0.416 e. The molecule has 0 aliphatic rings. The van der Waals surface area contributed by atoms with Crippen LogP contribution >= 0.6 is 11.3 Å². The van der Waals surface area contributed by atoms with E-state index in [9.17, 15) is 13.2 Å². The molecule has 0 fully saturated rings. The lowest BCUT2D eigenvalue weighted by atomic mass is 10.1. The number of benzene rings is 1. The van der Waals surface area contributed by atoms with Gasteiger partial charge in [0.05, 0.1) is 10.6 Å². The third-order valence-electron chi connectivity index (χ3n) is 2.76. The van der Waals surface area contributed by atoms with Crippen molar-refractivity contribution in [1.29, 1.82) is 0 Å². The average Bonchev–Trinajstić information content (AvgIpc) is 2.83. The van der Waals surface area contributed by atoms with E-state index in [0.29, 0.717) is 12.0 Å². The predicted octanol–water partition coefficient (Wildman–Crippen LogP) is 3.86. The Morgan fingerprint density at radius 2 is 2.10 bits per heavy atom. The van der Waals surface area contributed by atoms with Crippen molar-refractivity contribution in [3.05, 3.63) is 51.5 Å². The number of hydrogen-bond acceptors (Lipinski definition) is 3. The average molecular weight is 300 g/mol. The Labute approximate surface area is 119 Å². The topological polar surface area (TPSA) is 24.9 Å². The molecular formula is C14H15F3N2S. The van der Waals surface area contributed by atoms with Crippen LogP contribution in [0.2, 0.25) is 0 Å². The van der Waals surface area contributed by atoms with Crippen LogP contribution in [0.1, 0.15) is 27.9 Å². The molecule has 0 saturated heterocycles. The van der Waals surface area contributed by atoms with Crippen molar-refractivity contribution in [3.63, 3.8) is 0 Å². The molecule has 0 aliphatic heterocycles. The summed E-state index contributed by atoms with van der Waals surface area (Å²) >= 11 is 1.53. The number of aromatic nitrogens is 1. The highest BCUT2D eigenvalue weighted by molar-refractivity contribution is 7.11. The summed E-state index contributed by atoms with van der Waals surface area (Å²) in [6.07, 6.45) is -2.09. The SMILES string of the molecule is CCNCc1cnc(Cc2cccc(C(F)(F)F)c2)s1. The molecule has 2 rings (SSSR count). The molecule has 1 N–H and O–H groups in total. The molecule has 0 unspecified atom stereocenters. The third-order valence-corrected chi connectivity index (χ3v) is 3.76. The van der Waals surface area contributed by atoms with Crippen molar-refractivity contribution in [2.24, 2.45) is 0 Å². The van der Waals surface area contributed by atoms with Gasteiger partial charge in [-0.1, -0.05) is 25.1 Å². The fraction of sp³-hybridized carbons (Fsp3) is 0.357. The van der Waals surface area contributed by atoms with Gasteiger partial charge in [-0.05, 0) is 18.2 Å². The number of halogens is 3. The van der Waals surface area contributed by atoms with Gasteiger partial charge in [-0.3, -0.25) is 0 Å². The maximum absolute atomic E-state index is 12.6. The second-order valence-electron chi connectivity index (χ2n) is 4.38. The zero-order valence-electron chi connectivity index (χ0n) is 11.0. The molecule has 0 spiro atoms. The van der Waals surface area contributed by atoms with Crippen molar-refractivity contribution < 1.29 is 13.2 Å². The molecular weight excluding hydrogens is 285 g/mol. The van der Waals surface area contributed by atoms with Crippen molar-refractivity contribution in [1.82, 2.24) is 10.3 Å². The molecule has 2 aromatic rings. The van der Waals surface area contributed by atoms with Crippen molar-refractivity contribution >= 4 is 11.3 Å². The standard InChI is InChI=1S/C14H15F3N2S/c1-2-18-8-12-9-19-13(20-12)7-10-4-3-5-11(6-10)14(15,16)17/h3-6,9,18H,2,7-8H2,1H3. The van der Waals surface area contributed by atoms with Gasteiger partial charge in [0, 0.05) is 24.0 Å². The Hall–Kier alpha value is -1.40. The summed E-state index contributed by atoms with van der Waals surface area (Å²) < 4.78 is 37.9. The van der Waals surface area contributed by atoms with Gasteiger partial charge in [0.15, 0.2) is 0 Å². The minimum atomic E-state index is -4.30. The quantitative estimate of drug-likeness (QED) is 0.907. The van der Waals surface area contributed by atoms with Crippen LogP contribution in [0, 0.1) is 0 Å². The number of rotatable bonds is 5. The molecule has 0 amide bonds. The predicted molar refractivity (Wildman–Crippen MR) is 73.7 cm³/mol. The van der Waals surface area contributed by atoms with Crippen molar-refractivity contribution in [2.45, 2.75) is 26.1 Å². The summed E-state index contributed by atoms with van der Waals surface area (Å²) in [6, 6.07) is 5.40. The second-order valence-corrected chi connectivity index (χ2v) is 5.58. The Kier molecular flexibility index (Phi) is 4.77. The zero-order valence-corrected chi connectivity index (χ0v) is 11.8. The van der Waals surface area contributed by atoms with E-state index in [0.717, 1.165) is 29.0 Å². The van der Waals surface area contributed by atoms with E-state index < -0.39 is 11.7 Å². The summed E-state index contributed by atoms with van der Waals surface area (Å²) in [6.45, 7) is 3.64. The Morgan fingerprint density at radius 3 is 2.80 bits per heavy atom. The molecule has 0 saturated carbocycles. The lowest BCUT2D eigenvalue weighted by molar-refractivity contribution is -0.137. The minimum absolute atomic E-state index is 0.431. The number of nitrogens with zero attached hydrogens (tertiary/aromatic N) is 1. The van der Waals surface area contributed by atoms with Crippen LogP contribution < -0.4 is 5.32 Å². The zero-order chi connectivity index (χ0) is 14.6. The lowest BCUT2D eigenvalue weighted by Gasteiger charge is -2.07. The first-order valence-electron chi connectivity index (χ1n) is 6.29. The third kappa shape index (κ3) is 4.05. The number of alkyl halides is 3. The highest BCUT2D eigenvalue weighted by atomic mass is 32.1. The molecule has 20 heavy (non-hydrogen) atoms. The van der Waals surface area contributed by atoms with Crippen LogP contribution in [-0.4, -0.2) is 11.5 Å². The van der Waals surface area contributed by atoms with E-state index in [1.807, 2.05) is 6.92 Å². The van der Waals surface area contributed by atoms with Crippen LogP contribution in [0.5, 0.6) is 0 Å². The molecule has 0 radical (unpaired) electrons. The van der Waals surface area contributed by atoms with E-state index in [1.54, 1.807) is 12.3 Å². The van der Waals surface area contributed by atoms with Gasteiger partial charge in [0.25, 0.3) is 0 Å². The largest absolute Gasteiger partial charge is 0.416 e. The number of nitrogens with one attached hydrogen (secondary N) is 1. The highest BCUT2D eigenvalue weighted by Crippen LogP contribution is 2.30. The van der Waals surface area contributed by atoms with E-state index >= 15 is 0 Å². The Morgan fingerprint density at radius 1 is 1.30 bits per heavy atom. The molecule has 0 bridgehead atoms. The van der Waals surface area contributed by atoms with Gasteiger partial charge < -0.3 is 5.32 Å². The lowest BCUT2D eigenvalue weighted by Crippen LogP contribution is -2.10. The van der Waals surface area contributed by atoms with E-state index in [-0.39, 0.29) is 0 Å². The van der Waals surface area contributed by atoms with Crippen LogP contribution in [-0.2, 0) is 19.1 Å². The molecule has 0 atom stereocenters. The Bertz CT molecular complexity index is 564. The normalized spacial score (nSPS) is 11.8. The molecule has 108 valence electrons. The summed E-state index contributed by atoms with van der Waals surface area (Å²) in [5, 5.41) is 4.02. The van der Waals surface area contributed by atoms with Crippen LogP contribution in [0.4, 0.5) is 13.2 Å². The monoisotopic (exact) mass is 300 g/mol. The number of thiazole rings is 1. The molecule has 1 aromatic carbocycles. The fourth-order valence-corrected chi connectivity index (χ4v) is 2.72. The van der Waals surface area contributed by atoms with Gasteiger partial charge in [0.1, 0.15) is 0 Å².